The minimum atomic E-state index is -0.0812. The molecule has 1 saturated heterocycles. The van der Waals surface area contributed by atoms with Crippen molar-refractivity contribution < 1.29 is 9.63 Å². The van der Waals surface area contributed by atoms with Crippen LogP contribution in [-0.2, 0) is 9.63 Å². The van der Waals surface area contributed by atoms with E-state index >= 15 is 0 Å². The molecule has 14 heavy (non-hydrogen) atoms. The summed E-state index contributed by atoms with van der Waals surface area (Å²) in [6.07, 6.45) is 1.95. The van der Waals surface area contributed by atoms with Gasteiger partial charge in [0.25, 0.3) is 5.91 Å². The molecule has 0 aromatic rings. The molecule has 0 aromatic carbocycles. The normalized spacial score (nSPS) is 19.6. The first-order valence-corrected chi connectivity index (χ1v) is 5.11. The number of nitrogens with one attached hydrogen (secondary N) is 1. The van der Waals surface area contributed by atoms with E-state index in [1.807, 2.05) is 6.92 Å². The summed E-state index contributed by atoms with van der Waals surface area (Å²) < 4.78 is 0. The van der Waals surface area contributed by atoms with Crippen LogP contribution in [0.1, 0.15) is 19.8 Å². The van der Waals surface area contributed by atoms with Crippen LogP contribution in [0.25, 0.3) is 0 Å². The van der Waals surface area contributed by atoms with Crippen LogP contribution < -0.4 is 11.2 Å². The zero-order valence-electron chi connectivity index (χ0n) is 8.66. The van der Waals surface area contributed by atoms with Gasteiger partial charge in [0.15, 0.2) is 0 Å². The molecule has 0 saturated carbocycles. The second-order valence-corrected chi connectivity index (χ2v) is 3.57. The fourth-order valence-corrected chi connectivity index (χ4v) is 1.50. The van der Waals surface area contributed by atoms with Crippen LogP contribution in [0.15, 0.2) is 0 Å². The van der Waals surface area contributed by atoms with Gasteiger partial charge in [0.05, 0.1) is 13.2 Å². The number of amides is 1. The van der Waals surface area contributed by atoms with Gasteiger partial charge in [-0.1, -0.05) is 0 Å². The molecule has 5 heteroatoms. The van der Waals surface area contributed by atoms with Crippen LogP contribution >= 0.6 is 0 Å². The summed E-state index contributed by atoms with van der Waals surface area (Å²) in [5, 5.41) is 0. The van der Waals surface area contributed by atoms with E-state index in [2.05, 4.69) is 10.4 Å². The van der Waals surface area contributed by atoms with Gasteiger partial charge in [-0.05, 0) is 19.8 Å². The number of piperidine rings is 1. The summed E-state index contributed by atoms with van der Waals surface area (Å²) in [7, 11) is 0. The minimum Gasteiger partial charge on any atom is -0.328 e. The number of likely N-dealkylation sites (tertiary alicyclic amines) is 1. The van der Waals surface area contributed by atoms with Crippen molar-refractivity contribution in [2.24, 2.45) is 5.73 Å². The Kier molecular flexibility index (Phi) is 4.86. The smallest absolute Gasteiger partial charge is 0.257 e. The number of rotatable bonds is 4. The lowest BCUT2D eigenvalue weighted by molar-refractivity contribution is -0.134. The van der Waals surface area contributed by atoms with Crippen molar-refractivity contribution in [1.29, 1.82) is 0 Å². The third-order valence-corrected chi connectivity index (χ3v) is 2.33. The van der Waals surface area contributed by atoms with E-state index in [1.54, 1.807) is 0 Å². The van der Waals surface area contributed by atoms with Crippen LogP contribution in [0.5, 0.6) is 0 Å². The lowest BCUT2D eigenvalue weighted by Crippen LogP contribution is -2.44. The van der Waals surface area contributed by atoms with Gasteiger partial charge in [-0.15, -0.1) is 0 Å². The van der Waals surface area contributed by atoms with E-state index in [1.165, 1.54) is 0 Å². The number of carbonyl (C=O) groups excluding carboxylic acids is 1. The number of hydrogen-bond acceptors (Lipinski definition) is 4. The highest BCUT2D eigenvalue weighted by Crippen LogP contribution is 2.06. The van der Waals surface area contributed by atoms with Crippen molar-refractivity contribution in [1.82, 2.24) is 10.4 Å². The number of hydroxylamine groups is 1. The molecule has 0 radical (unpaired) electrons. The monoisotopic (exact) mass is 201 g/mol. The quantitative estimate of drug-likeness (QED) is 0.600. The van der Waals surface area contributed by atoms with Crippen LogP contribution in [0, 0.1) is 0 Å². The maximum absolute atomic E-state index is 11.2. The molecule has 0 atom stereocenters. The predicted octanol–water partition coefficient (Wildman–Crippen LogP) is -0.523. The zero-order chi connectivity index (χ0) is 10.4. The highest BCUT2D eigenvalue weighted by atomic mass is 16.6. The molecular formula is C9H19N3O2. The Balaban J connectivity index is 2.14. The van der Waals surface area contributed by atoms with E-state index in [-0.39, 0.29) is 5.91 Å². The zero-order valence-corrected chi connectivity index (χ0v) is 8.66. The Morgan fingerprint density at radius 3 is 2.79 bits per heavy atom. The number of carbonyl (C=O) groups is 1. The lowest BCUT2D eigenvalue weighted by atomic mass is 10.1. The van der Waals surface area contributed by atoms with E-state index in [9.17, 15) is 4.79 Å². The Labute approximate surface area is 84.5 Å². The van der Waals surface area contributed by atoms with Gasteiger partial charge in [-0.25, -0.2) is 5.48 Å². The van der Waals surface area contributed by atoms with Crippen molar-refractivity contribution >= 4 is 5.91 Å². The molecule has 1 aliphatic heterocycles. The lowest BCUT2D eigenvalue weighted by Gasteiger charge is -2.29. The van der Waals surface area contributed by atoms with Crippen molar-refractivity contribution in [3.05, 3.63) is 0 Å². The fraction of sp³-hybridized carbons (Fsp3) is 0.889. The Hall–Kier alpha value is -0.650. The van der Waals surface area contributed by atoms with Crippen LogP contribution in [0.2, 0.25) is 0 Å². The van der Waals surface area contributed by atoms with E-state index < -0.39 is 0 Å². The van der Waals surface area contributed by atoms with Crippen molar-refractivity contribution in [3.8, 4) is 0 Å². The molecular weight excluding hydrogens is 182 g/mol. The first kappa shape index (κ1) is 11.4. The average Bonchev–Trinajstić information content (AvgIpc) is 2.18. The molecule has 1 amide bonds. The van der Waals surface area contributed by atoms with E-state index in [4.69, 9.17) is 10.6 Å². The Morgan fingerprint density at radius 1 is 1.57 bits per heavy atom. The van der Waals surface area contributed by atoms with E-state index in [0.717, 1.165) is 25.9 Å². The third-order valence-electron chi connectivity index (χ3n) is 2.33. The topological polar surface area (TPSA) is 67.6 Å². The number of nitrogens with zero attached hydrogens (tertiary/aromatic N) is 1. The molecule has 0 aliphatic carbocycles. The Morgan fingerprint density at radius 2 is 2.21 bits per heavy atom. The molecule has 0 unspecified atom stereocenters. The van der Waals surface area contributed by atoms with Gasteiger partial charge in [0.1, 0.15) is 0 Å². The molecule has 0 aromatic heterocycles. The maximum atomic E-state index is 11.2. The van der Waals surface area contributed by atoms with Crippen LogP contribution in [0.3, 0.4) is 0 Å². The van der Waals surface area contributed by atoms with Gasteiger partial charge < -0.3 is 5.73 Å². The van der Waals surface area contributed by atoms with Gasteiger partial charge in [-0.2, -0.15) is 0 Å². The molecule has 1 fully saturated rings. The van der Waals surface area contributed by atoms with E-state index in [0.29, 0.717) is 19.2 Å². The summed E-state index contributed by atoms with van der Waals surface area (Å²) in [6, 6.07) is 0.307. The van der Waals surface area contributed by atoms with Crippen molar-refractivity contribution in [3.63, 3.8) is 0 Å². The molecule has 1 heterocycles. The molecule has 1 rings (SSSR count). The van der Waals surface area contributed by atoms with Gasteiger partial charge in [0, 0.05) is 19.1 Å². The Bertz CT molecular complexity index is 179. The molecule has 1 aliphatic rings. The van der Waals surface area contributed by atoms with Gasteiger partial charge >= 0.3 is 0 Å². The summed E-state index contributed by atoms with van der Waals surface area (Å²) >= 11 is 0. The molecule has 82 valence electrons. The van der Waals surface area contributed by atoms with Gasteiger partial charge in [-0.3, -0.25) is 14.5 Å². The number of hydrogen-bond donors (Lipinski definition) is 2. The predicted molar refractivity (Wildman–Crippen MR) is 53.4 cm³/mol. The first-order chi connectivity index (χ1) is 6.72. The van der Waals surface area contributed by atoms with Crippen molar-refractivity contribution in [2.45, 2.75) is 25.8 Å². The second kappa shape index (κ2) is 5.95. The summed E-state index contributed by atoms with van der Waals surface area (Å²) in [5.41, 5.74) is 8.14. The molecule has 5 nitrogen and oxygen atoms in total. The van der Waals surface area contributed by atoms with Gasteiger partial charge in [0.2, 0.25) is 0 Å². The standard InChI is InChI=1S/C9H19N3O2/c1-2-14-11-9(13)7-12-5-3-8(10)4-6-12/h8H,2-7,10H2,1H3,(H,11,13). The highest BCUT2D eigenvalue weighted by molar-refractivity contribution is 5.76. The third kappa shape index (κ3) is 4.04. The van der Waals surface area contributed by atoms with Crippen LogP contribution in [0.4, 0.5) is 0 Å². The van der Waals surface area contributed by atoms with Crippen molar-refractivity contribution in [2.75, 3.05) is 26.2 Å². The number of nitrogens with two attached hydrogens (primary N) is 1. The maximum Gasteiger partial charge on any atom is 0.257 e. The first-order valence-electron chi connectivity index (χ1n) is 5.11. The molecule has 3 N–H and O–H groups in total. The minimum absolute atomic E-state index is 0.0812. The molecule has 0 spiro atoms. The fourth-order valence-electron chi connectivity index (χ4n) is 1.50. The summed E-state index contributed by atoms with van der Waals surface area (Å²) in [5.74, 6) is -0.0812. The summed E-state index contributed by atoms with van der Waals surface area (Å²) in [4.78, 5) is 18.1. The van der Waals surface area contributed by atoms with Crippen LogP contribution in [-0.4, -0.2) is 43.1 Å². The summed E-state index contributed by atoms with van der Waals surface area (Å²) in [6.45, 7) is 4.55. The molecule has 0 bridgehead atoms. The highest BCUT2D eigenvalue weighted by Gasteiger charge is 2.17. The average molecular weight is 201 g/mol. The SMILES string of the molecule is CCONC(=O)CN1CCC(N)CC1. The largest absolute Gasteiger partial charge is 0.328 e. The second-order valence-electron chi connectivity index (χ2n) is 3.57.